The summed E-state index contributed by atoms with van der Waals surface area (Å²) in [4.78, 5) is 5.62. The number of thiazole rings is 1. The van der Waals surface area contributed by atoms with E-state index in [4.69, 9.17) is 0 Å². The van der Waals surface area contributed by atoms with Crippen LogP contribution in [0.25, 0.3) is 0 Å². The molecule has 0 spiro atoms. The number of aromatic nitrogens is 1. The highest BCUT2D eigenvalue weighted by atomic mass is 32.1. The van der Waals surface area contributed by atoms with Crippen molar-refractivity contribution >= 4 is 11.3 Å². The molecule has 17 heavy (non-hydrogen) atoms. The van der Waals surface area contributed by atoms with Crippen molar-refractivity contribution in [2.75, 3.05) is 0 Å². The molecular weight excluding hydrogens is 228 g/mol. The number of hydrogen-bond donors (Lipinski definition) is 1. The first-order chi connectivity index (χ1) is 8.16. The zero-order valence-corrected chi connectivity index (χ0v) is 11.3. The lowest BCUT2D eigenvalue weighted by Gasteiger charge is -2.13. The number of benzene rings is 1. The highest BCUT2D eigenvalue weighted by Crippen LogP contribution is 2.21. The molecule has 1 unspecified atom stereocenters. The lowest BCUT2D eigenvalue weighted by Crippen LogP contribution is -2.17. The van der Waals surface area contributed by atoms with Gasteiger partial charge in [0, 0.05) is 17.5 Å². The average Bonchev–Trinajstić information content (AvgIpc) is 2.72. The molecule has 0 bridgehead atoms. The molecule has 1 heterocycles. The molecule has 2 rings (SSSR count). The van der Waals surface area contributed by atoms with Gasteiger partial charge in [0.05, 0.1) is 11.2 Å². The van der Waals surface area contributed by atoms with E-state index < -0.39 is 0 Å². The van der Waals surface area contributed by atoms with Crippen molar-refractivity contribution in [2.45, 2.75) is 33.4 Å². The standard InChI is InChI=1S/C14H18N2S/c1-10-5-4-6-13(7-10)8-15-11(2)14-12(3)16-9-17-14/h4-7,9,11,15H,8H2,1-3H3. The summed E-state index contributed by atoms with van der Waals surface area (Å²) < 4.78 is 0. The van der Waals surface area contributed by atoms with Crippen LogP contribution in [0, 0.1) is 13.8 Å². The Balaban J connectivity index is 1.97. The summed E-state index contributed by atoms with van der Waals surface area (Å²) in [6.45, 7) is 7.29. The normalized spacial score (nSPS) is 12.6. The van der Waals surface area contributed by atoms with Crippen LogP contribution in [0.1, 0.15) is 34.7 Å². The van der Waals surface area contributed by atoms with Crippen LogP contribution in [0.4, 0.5) is 0 Å². The first kappa shape index (κ1) is 12.3. The first-order valence-corrected chi connectivity index (χ1v) is 6.73. The zero-order valence-electron chi connectivity index (χ0n) is 10.5. The molecule has 3 heteroatoms. The number of rotatable bonds is 4. The maximum Gasteiger partial charge on any atom is 0.0798 e. The maximum atomic E-state index is 4.29. The van der Waals surface area contributed by atoms with E-state index in [0.717, 1.165) is 12.2 Å². The molecule has 0 saturated carbocycles. The van der Waals surface area contributed by atoms with E-state index in [0.29, 0.717) is 6.04 Å². The van der Waals surface area contributed by atoms with Crippen molar-refractivity contribution in [1.29, 1.82) is 0 Å². The quantitative estimate of drug-likeness (QED) is 0.891. The molecule has 0 aliphatic rings. The van der Waals surface area contributed by atoms with Crippen molar-refractivity contribution < 1.29 is 0 Å². The highest BCUT2D eigenvalue weighted by Gasteiger charge is 2.09. The van der Waals surface area contributed by atoms with E-state index in [1.165, 1.54) is 16.0 Å². The van der Waals surface area contributed by atoms with Crippen LogP contribution in [-0.4, -0.2) is 4.98 Å². The summed E-state index contributed by atoms with van der Waals surface area (Å²) in [5.74, 6) is 0. The monoisotopic (exact) mass is 246 g/mol. The van der Waals surface area contributed by atoms with E-state index in [-0.39, 0.29) is 0 Å². The summed E-state index contributed by atoms with van der Waals surface area (Å²) in [6.07, 6.45) is 0. The molecule has 1 aromatic carbocycles. The van der Waals surface area contributed by atoms with Crippen molar-refractivity contribution in [3.63, 3.8) is 0 Å². The van der Waals surface area contributed by atoms with Crippen molar-refractivity contribution in [3.8, 4) is 0 Å². The van der Waals surface area contributed by atoms with Crippen LogP contribution in [-0.2, 0) is 6.54 Å². The highest BCUT2D eigenvalue weighted by molar-refractivity contribution is 7.09. The molecule has 0 saturated heterocycles. The third kappa shape index (κ3) is 3.14. The van der Waals surface area contributed by atoms with E-state index in [9.17, 15) is 0 Å². The fraction of sp³-hybridized carbons (Fsp3) is 0.357. The Labute approximate surface area is 107 Å². The molecule has 0 amide bonds. The van der Waals surface area contributed by atoms with Gasteiger partial charge >= 0.3 is 0 Å². The molecule has 2 aromatic rings. The van der Waals surface area contributed by atoms with Gasteiger partial charge in [0.2, 0.25) is 0 Å². The van der Waals surface area contributed by atoms with Gasteiger partial charge in [0.15, 0.2) is 0 Å². The summed E-state index contributed by atoms with van der Waals surface area (Å²) in [5.41, 5.74) is 5.69. The van der Waals surface area contributed by atoms with E-state index in [1.807, 2.05) is 5.51 Å². The van der Waals surface area contributed by atoms with Gasteiger partial charge in [0.1, 0.15) is 0 Å². The fourth-order valence-corrected chi connectivity index (χ4v) is 2.75. The smallest absolute Gasteiger partial charge is 0.0798 e. The van der Waals surface area contributed by atoms with Crippen LogP contribution in [0.15, 0.2) is 29.8 Å². The first-order valence-electron chi connectivity index (χ1n) is 5.85. The van der Waals surface area contributed by atoms with Crippen LogP contribution >= 0.6 is 11.3 Å². The van der Waals surface area contributed by atoms with Gasteiger partial charge in [-0.05, 0) is 26.3 Å². The Morgan fingerprint density at radius 1 is 1.35 bits per heavy atom. The number of nitrogens with one attached hydrogen (secondary N) is 1. The van der Waals surface area contributed by atoms with Crippen LogP contribution in [0.5, 0.6) is 0 Å². The lowest BCUT2D eigenvalue weighted by molar-refractivity contribution is 0.579. The fourth-order valence-electron chi connectivity index (χ4n) is 1.91. The van der Waals surface area contributed by atoms with Gasteiger partial charge in [-0.2, -0.15) is 0 Å². The van der Waals surface area contributed by atoms with E-state index >= 15 is 0 Å². The molecule has 0 fully saturated rings. The van der Waals surface area contributed by atoms with Gasteiger partial charge < -0.3 is 5.32 Å². The SMILES string of the molecule is Cc1cccc(CNC(C)c2scnc2C)c1. The predicted octanol–water partition coefficient (Wildman–Crippen LogP) is 3.61. The molecule has 90 valence electrons. The summed E-state index contributed by atoms with van der Waals surface area (Å²) in [7, 11) is 0. The third-order valence-corrected chi connectivity index (χ3v) is 3.98. The van der Waals surface area contributed by atoms with Gasteiger partial charge in [-0.3, -0.25) is 0 Å². The number of aryl methyl sites for hydroxylation is 2. The molecule has 1 aromatic heterocycles. The summed E-state index contributed by atoms with van der Waals surface area (Å²) in [5, 5.41) is 3.54. The van der Waals surface area contributed by atoms with Gasteiger partial charge in [0.25, 0.3) is 0 Å². The summed E-state index contributed by atoms with van der Waals surface area (Å²) in [6, 6.07) is 8.98. The van der Waals surface area contributed by atoms with Crippen LogP contribution in [0.2, 0.25) is 0 Å². The van der Waals surface area contributed by atoms with Crippen molar-refractivity contribution in [2.24, 2.45) is 0 Å². The molecule has 1 N–H and O–H groups in total. The maximum absolute atomic E-state index is 4.29. The van der Waals surface area contributed by atoms with Gasteiger partial charge in [-0.25, -0.2) is 4.98 Å². The second-order valence-electron chi connectivity index (χ2n) is 4.39. The van der Waals surface area contributed by atoms with Crippen molar-refractivity contribution in [3.05, 3.63) is 51.5 Å². The van der Waals surface area contributed by atoms with Crippen LogP contribution in [0.3, 0.4) is 0 Å². The van der Waals surface area contributed by atoms with Gasteiger partial charge in [-0.1, -0.05) is 29.8 Å². The second kappa shape index (κ2) is 5.43. The van der Waals surface area contributed by atoms with Crippen molar-refractivity contribution in [1.82, 2.24) is 10.3 Å². The largest absolute Gasteiger partial charge is 0.305 e. The molecule has 0 aliphatic carbocycles. The average molecular weight is 246 g/mol. The Morgan fingerprint density at radius 3 is 2.82 bits per heavy atom. The Bertz CT molecular complexity index is 490. The lowest BCUT2D eigenvalue weighted by atomic mass is 10.1. The molecular formula is C14H18N2S. The molecule has 0 radical (unpaired) electrons. The zero-order chi connectivity index (χ0) is 12.3. The topological polar surface area (TPSA) is 24.9 Å². The Morgan fingerprint density at radius 2 is 2.18 bits per heavy atom. The Kier molecular flexibility index (Phi) is 3.92. The van der Waals surface area contributed by atoms with Gasteiger partial charge in [-0.15, -0.1) is 11.3 Å². The minimum absolute atomic E-state index is 0.364. The second-order valence-corrected chi connectivity index (χ2v) is 5.28. The Hall–Kier alpha value is -1.19. The predicted molar refractivity (Wildman–Crippen MR) is 73.3 cm³/mol. The number of nitrogens with zero attached hydrogens (tertiary/aromatic N) is 1. The molecule has 2 nitrogen and oxygen atoms in total. The molecule has 0 aliphatic heterocycles. The summed E-state index contributed by atoms with van der Waals surface area (Å²) >= 11 is 1.72. The minimum Gasteiger partial charge on any atom is -0.305 e. The van der Waals surface area contributed by atoms with E-state index in [1.54, 1.807) is 11.3 Å². The third-order valence-electron chi connectivity index (χ3n) is 2.87. The van der Waals surface area contributed by atoms with E-state index in [2.05, 4.69) is 55.3 Å². The van der Waals surface area contributed by atoms with Crippen LogP contribution < -0.4 is 5.32 Å². The minimum atomic E-state index is 0.364. The number of hydrogen-bond acceptors (Lipinski definition) is 3. The molecule has 1 atom stereocenters.